The summed E-state index contributed by atoms with van der Waals surface area (Å²) in [7, 11) is 0. The van der Waals surface area contributed by atoms with E-state index in [0.717, 1.165) is 89.9 Å². The van der Waals surface area contributed by atoms with Crippen LogP contribution in [0, 0.1) is 0 Å². The van der Waals surface area contributed by atoms with E-state index in [-0.39, 0.29) is 18.9 Å². The number of carbonyl (C=O) groups is 1. The van der Waals surface area contributed by atoms with Crippen LogP contribution in [0.25, 0.3) is 0 Å². The van der Waals surface area contributed by atoms with Gasteiger partial charge in [0, 0.05) is 6.42 Å². The molecule has 0 aromatic carbocycles. The molecule has 3 aliphatic heterocycles. The molecule has 0 saturated carbocycles. The summed E-state index contributed by atoms with van der Waals surface area (Å²) in [6.07, 6.45) is 47.1. The lowest BCUT2D eigenvalue weighted by molar-refractivity contribution is -0.379. The van der Waals surface area contributed by atoms with Crippen LogP contribution < -0.4 is 5.32 Å². The van der Waals surface area contributed by atoms with Gasteiger partial charge in [-0.25, -0.2) is 0 Å². The standard InChI is InChI=1S/C76H133NO18/c1-3-5-7-9-11-13-15-17-19-21-23-25-26-27-28-29-30-31-32-34-35-37-39-41-43-45-47-49-51-53-60(81)59(77-64(82)54-52-50-48-46-44-42-40-38-36-33-24-22-20-18-16-14-12-10-8-6-4-2)58-90-74-70(88)67(85)72(62(56-79)92-74)95-76-71(89)68(86)73(63(57-80)93-76)94-75-69(87)66(84)65(83)61(55-78)91-75/h6,8,12,14,18,20,24,33,35,37,43,45,51,53,59-63,65-76,78-81,83-89H,3-5,7,9-11,13,15-17,19,21-23,25-32,34,36,38-42,44,46-50,52,54-58H2,1-2H3,(H,77,82)/b8-6-,14-12-,20-18-,33-24-,37-35+,45-43+,53-51+. The summed E-state index contributed by atoms with van der Waals surface area (Å²) in [5, 5.41) is 121. The van der Waals surface area contributed by atoms with Gasteiger partial charge in [0.1, 0.15) is 73.2 Å². The first kappa shape index (κ1) is 86.2. The molecule has 0 aromatic heterocycles. The molecule has 3 fully saturated rings. The van der Waals surface area contributed by atoms with Crippen LogP contribution in [0.4, 0.5) is 0 Å². The molecule has 0 aliphatic carbocycles. The minimum atomic E-state index is -1.99. The van der Waals surface area contributed by atoms with E-state index in [1.165, 1.54) is 135 Å². The Morgan fingerprint density at radius 1 is 0.389 bits per heavy atom. The number of ether oxygens (including phenoxy) is 6. The van der Waals surface area contributed by atoms with Crippen molar-refractivity contribution in [2.75, 3.05) is 26.4 Å². The third kappa shape index (κ3) is 37.8. The fourth-order valence-electron chi connectivity index (χ4n) is 12.2. The molecule has 0 aromatic rings. The van der Waals surface area contributed by atoms with E-state index < -0.39 is 124 Å². The van der Waals surface area contributed by atoms with E-state index in [2.05, 4.69) is 92.1 Å². The summed E-state index contributed by atoms with van der Waals surface area (Å²) in [5.41, 5.74) is 0. The van der Waals surface area contributed by atoms with Crippen LogP contribution in [0.1, 0.15) is 258 Å². The number of nitrogens with one attached hydrogen (secondary N) is 1. The van der Waals surface area contributed by atoms with Crippen molar-refractivity contribution < 1.29 is 89.4 Å². The summed E-state index contributed by atoms with van der Waals surface area (Å²) in [4.78, 5) is 13.4. The minimum Gasteiger partial charge on any atom is -0.394 e. The highest BCUT2D eigenvalue weighted by molar-refractivity contribution is 5.76. The van der Waals surface area contributed by atoms with Crippen LogP contribution in [-0.2, 0) is 33.2 Å². The Labute approximate surface area is 571 Å². The van der Waals surface area contributed by atoms with Crippen molar-refractivity contribution in [2.24, 2.45) is 0 Å². The number of hydrogen-bond acceptors (Lipinski definition) is 18. The minimum absolute atomic E-state index is 0.218. The number of amides is 1. The zero-order valence-electron chi connectivity index (χ0n) is 58.4. The quantitative estimate of drug-likeness (QED) is 0.0199. The van der Waals surface area contributed by atoms with Gasteiger partial charge in [-0.05, 0) is 83.5 Å². The molecule has 17 atom stereocenters. The molecule has 17 unspecified atom stereocenters. The Morgan fingerprint density at radius 2 is 0.737 bits per heavy atom. The van der Waals surface area contributed by atoms with Gasteiger partial charge in [0.15, 0.2) is 18.9 Å². The highest BCUT2D eigenvalue weighted by Gasteiger charge is 2.53. The highest BCUT2D eigenvalue weighted by Crippen LogP contribution is 2.33. The smallest absolute Gasteiger partial charge is 0.220 e. The van der Waals surface area contributed by atoms with Gasteiger partial charge in [0.2, 0.25) is 5.91 Å². The van der Waals surface area contributed by atoms with Crippen LogP contribution in [-0.4, -0.2) is 193 Å². The maximum atomic E-state index is 13.4. The van der Waals surface area contributed by atoms with Crippen LogP contribution >= 0.6 is 0 Å². The predicted molar refractivity (Wildman–Crippen MR) is 374 cm³/mol. The molecule has 3 aliphatic rings. The van der Waals surface area contributed by atoms with Crippen molar-refractivity contribution in [3.05, 3.63) is 85.1 Å². The van der Waals surface area contributed by atoms with Gasteiger partial charge < -0.3 is 89.9 Å². The third-order valence-electron chi connectivity index (χ3n) is 18.2. The largest absolute Gasteiger partial charge is 0.394 e. The van der Waals surface area contributed by atoms with Crippen molar-refractivity contribution in [2.45, 2.75) is 362 Å². The van der Waals surface area contributed by atoms with E-state index in [9.17, 15) is 61.0 Å². The molecule has 0 bridgehead atoms. The second-order valence-corrected chi connectivity index (χ2v) is 26.4. The second kappa shape index (κ2) is 56.7. The molecule has 550 valence electrons. The number of rotatable bonds is 57. The first-order valence-electron chi connectivity index (χ1n) is 37.3. The van der Waals surface area contributed by atoms with E-state index in [1.807, 2.05) is 6.08 Å². The molecule has 3 heterocycles. The van der Waals surface area contributed by atoms with E-state index in [0.29, 0.717) is 12.8 Å². The lowest BCUT2D eigenvalue weighted by Gasteiger charge is -2.48. The fourth-order valence-corrected chi connectivity index (χ4v) is 12.2. The van der Waals surface area contributed by atoms with Crippen molar-refractivity contribution in [3.63, 3.8) is 0 Å². The SMILES string of the molecule is CC/C=C\C/C=C\C/C=C\C/C=C\CCCCCCCCCCC(=O)NC(COC1OC(CO)C(OC2OC(CO)C(OC3OC(CO)C(O)C(O)C3O)C(O)C2O)C(O)C1O)C(O)/C=C/CC/C=C/CC/C=C/CCCCCCCCCCCCCCCCCCCCC. The van der Waals surface area contributed by atoms with Crippen molar-refractivity contribution >= 4 is 5.91 Å². The Hall–Kier alpha value is -3.03. The number of aliphatic hydroxyl groups excluding tert-OH is 11. The summed E-state index contributed by atoms with van der Waals surface area (Å²) < 4.78 is 34.4. The Bertz CT molecular complexity index is 2050. The zero-order valence-corrected chi connectivity index (χ0v) is 58.4. The van der Waals surface area contributed by atoms with Gasteiger partial charge in [0.25, 0.3) is 0 Å². The number of aliphatic hydroxyl groups is 11. The average Bonchev–Trinajstić information content (AvgIpc) is 0.787. The van der Waals surface area contributed by atoms with Crippen LogP contribution in [0.5, 0.6) is 0 Å². The van der Waals surface area contributed by atoms with E-state index in [1.54, 1.807) is 6.08 Å². The maximum Gasteiger partial charge on any atom is 0.220 e. The Balaban J connectivity index is 1.43. The molecule has 3 rings (SSSR count). The van der Waals surface area contributed by atoms with Crippen LogP contribution in [0.15, 0.2) is 85.1 Å². The molecule has 0 spiro atoms. The summed E-state index contributed by atoms with van der Waals surface area (Å²) in [6.45, 7) is 1.60. The van der Waals surface area contributed by atoms with Gasteiger partial charge in [-0.3, -0.25) is 4.79 Å². The van der Waals surface area contributed by atoms with Gasteiger partial charge in [-0.2, -0.15) is 0 Å². The fraction of sp³-hybridized carbons (Fsp3) is 0.803. The van der Waals surface area contributed by atoms with Crippen molar-refractivity contribution in [3.8, 4) is 0 Å². The predicted octanol–water partition coefficient (Wildman–Crippen LogP) is 11.1. The lowest BCUT2D eigenvalue weighted by atomic mass is 9.96. The van der Waals surface area contributed by atoms with Crippen molar-refractivity contribution in [1.82, 2.24) is 5.32 Å². The molecular formula is C76H133NO18. The topological polar surface area (TPSA) is 307 Å². The van der Waals surface area contributed by atoms with Gasteiger partial charge in [-0.1, -0.05) is 253 Å². The van der Waals surface area contributed by atoms with Gasteiger partial charge in [0.05, 0.1) is 38.6 Å². The summed E-state index contributed by atoms with van der Waals surface area (Å²) in [5.74, 6) is -0.299. The summed E-state index contributed by atoms with van der Waals surface area (Å²) in [6, 6.07) is -1.01. The van der Waals surface area contributed by atoms with Crippen molar-refractivity contribution in [1.29, 1.82) is 0 Å². The monoisotopic (exact) mass is 1350 g/mol. The lowest BCUT2D eigenvalue weighted by Crippen LogP contribution is -2.66. The zero-order chi connectivity index (χ0) is 68.9. The van der Waals surface area contributed by atoms with E-state index >= 15 is 0 Å². The summed E-state index contributed by atoms with van der Waals surface area (Å²) >= 11 is 0. The Morgan fingerprint density at radius 3 is 1.18 bits per heavy atom. The molecule has 12 N–H and O–H groups in total. The van der Waals surface area contributed by atoms with Crippen LogP contribution in [0.2, 0.25) is 0 Å². The molecule has 0 radical (unpaired) electrons. The molecule has 1 amide bonds. The van der Waals surface area contributed by atoms with Gasteiger partial charge in [-0.15, -0.1) is 0 Å². The normalized spacial score (nSPS) is 27.7. The molecule has 19 heteroatoms. The third-order valence-corrected chi connectivity index (χ3v) is 18.2. The number of unbranched alkanes of at least 4 members (excludes halogenated alkanes) is 29. The van der Waals surface area contributed by atoms with Crippen LogP contribution in [0.3, 0.4) is 0 Å². The molecule has 3 saturated heterocycles. The first-order chi connectivity index (χ1) is 46.3. The first-order valence-corrected chi connectivity index (χ1v) is 37.3. The van der Waals surface area contributed by atoms with Gasteiger partial charge >= 0.3 is 0 Å². The molecule has 19 nitrogen and oxygen atoms in total. The second-order valence-electron chi connectivity index (χ2n) is 26.4. The highest BCUT2D eigenvalue weighted by atomic mass is 16.8. The Kier molecular flexibility index (Phi) is 51.4. The molecule has 95 heavy (non-hydrogen) atoms. The molecular weight excluding hydrogens is 1210 g/mol. The number of allylic oxidation sites excluding steroid dienone is 13. The number of hydrogen-bond donors (Lipinski definition) is 12. The number of carbonyl (C=O) groups excluding carboxylic acids is 1. The van der Waals surface area contributed by atoms with E-state index in [4.69, 9.17) is 28.4 Å². The maximum absolute atomic E-state index is 13.4. The average molecular weight is 1350 g/mol.